The molecule has 1 aromatic rings. The van der Waals surface area contributed by atoms with E-state index in [0.717, 1.165) is 10.6 Å². The summed E-state index contributed by atoms with van der Waals surface area (Å²) in [4.78, 5) is 9.83. The second-order valence-electron chi connectivity index (χ2n) is 2.97. The summed E-state index contributed by atoms with van der Waals surface area (Å²) >= 11 is 6.89. The van der Waals surface area contributed by atoms with Crippen molar-refractivity contribution in [3.63, 3.8) is 0 Å². The number of alkyl halides is 1. The third-order valence-electron chi connectivity index (χ3n) is 1.88. The summed E-state index contributed by atoms with van der Waals surface area (Å²) in [6.07, 6.45) is 1.58. The third-order valence-corrected chi connectivity index (χ3v) is 4.33. The minimum atomic E-state index is -0.102. The molecule has 1 rings (SSSR count). The van der Waals surface area contributed by atoms with Crippen LogP contribution in [0.5, 0.6) is 0 Å². The first-order valence-electron chi connectivity index (χ1n) is 4.72. The van der Waals surface area contributed by atoms with Crippen molar-refractivity contribution in [2.24, 2.45) is 5.16 Å². The van der Waals surface area contributed by atoms with Gasteiger partial charge in [-0.1, -0.05) is 16.8 Å². The van der Waals surface area contributed by atoms with Gasteiger partial charge in [-0.2, -0.15) is 5.26 Å². The van der Waals surface area contributed by atoms with E-state index in [2.05, 4.69) is 15.0 Å². The molecule has 0 radical (unpaired) electrons. The number of aromatic nitrogens is 1. The van der Waals surface area contributed by atoms with Crippen LogP contribution in [-0.4, -0.2) is 21.8 Å². The molecule has 0 saturated heterocycles. The fourth-order valence-corrected chi connectivity index (χ4v) is 2.71. The summed E-state index contributed by atoms with van der Waals surface area (Å²) in [6, 6.07) is 3.67. The number of nitrogens with zero attached hydrogens (tertiary/aromatic N) is 3. The minimum absolute atomic E-state index is 0.102. The molecule has 8 heteroatoms. The van der Waals surface area contributed by atoms with E-state index < -0.39 is 0 Å². The molecule has 18 heavy (non-hydrogen) atoms. The van der Waals surface area contributed by atoms with E-state index in [4.69, 9.17) is 27.5 Å². The predicted molar refractivity (Wildman–Crippen MR) is 77.1 cm³/mol. The van der Waals surface area contributed by atoms with Gasteiger partial charge in [-0.05, 0) is 34.6 Å². The maximum Gasteiger partial charge on any atom is 0.190 e. The van der Waals surface area contributed by atoms with Gasteiger partial charge in [-0.25, -0.2) is 0 Å². The summed E-state index contributed by atoms with van der Waals surface area (Å²) in [6.45, 7) is 1.89. The highest BCUT2D eigenvalue weighted by atomic mass is 35.7. The number of oxime groups is 1. The molecule has 0 fully saturated rings. The normalized spacial score (nSPS) is 11.1. The van der Waals surface area contributed by atoms with Crippen LogP contribution in [-0.2, 0) is 4.84 Å². The van der Waals surface area contributed by atoms with Crippen molar-refractivity contribution < 1.29 is 4.84 Å². The van der Waals surface area contributed by atoms with Gasteiger partial charge in [0.25, 0.3) is 0 Å². The summed E-state index contributed by atoms with van der Waals surface area (Å²) in [5.74, 6) is 0. The van der Waals surface area contributed by atoms with E-state index in [9.17, 15) is 0 Å². The number of rotatable bonds is 6. The van der Waals surface area contributed by atoms with Crippen molar-refractivity contribution in [1.29, 1.82) is 5.26 Å². The van der Waals surface area contributed by atoms with Gasteiger partial charge in [-0.15, -0.1) is 11.8 Å². The first kappa shape index (κ1) is 15.4. The fraction of sp³-hybridized carbons (Fsp3) is 0.300. The molecule has 0 amide bonds. The maximum absolute atomic E-state index is 8.98. The van der Waals surface area contributed by atoms with E-state index in [1.807, 2.05) is 19.1 Å². The van der Waals surface area contributed by atoms with Crippen LogP contribution in [0.4, 0.5) is 0 Å². The number of aryl methyl sites for hydroxylation is 1. The lowest BCUT2D eigenvalue weighted by atomic mass is 10.2. The molecule has 0 unspecified atom stereocenters. The lowest BCUT2D eigenvalue weighted by molar-refractivity contribution is 0.193. The zero-order valence-electron chi connectivity index (χ0n) is 9.39. The van der Waals surface area contributed by atoms with Crippen molar-refractivity contribution in [1.82, 2.24) is 4.98 Å². The lowest BCUT2D eigenvalue weighted by Gasteiger charge is -2.05. The quantitative estimate of drug-likeness (QED) is 0.262. The molecule has 1 aromatic heterocycles. The van der Waals surface area contributed by atoms with Gasteiger partial charge in [0, 0.05) is 16.7 Å². The zero-order chi connectivity index (χ0) is 13.4. The summed E-state index contributed by atoms with van der Waals surface area (Å²) in [7, 11) is 6.78. The van der Waals surface area contributed by atoms with Crippen LogP contribution in [0.2, 0.25) is 0 Å². The Balaban J connectivity index is 2.99. The van der Waals surface area contributed by atoms with E-state index in [1.165, 1.54) is 11.0 Å². The molecule has 0 saturated carbocycles. The van der Waals surface area contributed by atoms with Crippen LogP contribution in [0.1, 0.15) is 11.3 Å². The highest BCUT2D eigenvalue weighted by molar-refractivity contribution is 8.29. The average molecular weight is 322 g/mol. The lowest BCUT2D eigenvalue weighted by Crippen LogP contribution is -2.01. The molecular formula is C10H9Cl2N3OS2. The molecule has 4 nitrogen and oxygen atoms in total. The number of pyridine rings is 1. The Labute approximate surface area is 123 Å². The predicted octanol–water partition coefficient (Wildman–Crippen LogP) is 3.77. The Hall–Kier alpha value is -0.610. The van der Waals surface area contributed by atoms with Gasteiger partial charge in [-0.3, -0.25) is 4.98 Å². The molecule has 96 valence electrons. The second-order valence-corrected chi connectivity index (χ2v) is 5.73. The van der Waals surface area contributed by atoms with Crippen molar-refractivity contribution in [2.45, 2.75) is 11.8 Å². The number of thioether (sulfide) groups is 1. The van der Waals surface area contributed by atoms with E-state index in [-0.39, 0.29) is 11.8 Å². The highest BCUT2D eigenvalue weighted by Gasteiger charge is 2.08. The molecular weight excluding hydrogens is 313 g/mol. The second kappa shape index (κ2) is 8.48. The number of halogens is 2. The van der Waals surface area contributed by atoms with Gasteiger partial charge in [0.15, 0.2) is 11.8 Å². The molecule has 0 atom stereocenters. The Morgan fingerprint density at radius 2 is 2.44 bits per heavy atom. The van der Waals surface area contributed by atoms with Crippen LogP contribution in [0.3, 0.4) is 0 Å². The van der Waals surface area contributed by atoms with Crippen LogP contribution >= 0.6 is 45.0 Å². The standard InChI is InChI=1S/C10H9Cl2N3OS2/c1-7-10(17-6-18-12)2-8(4-14-7)9(3-13)15-16-5-11/h2,4H,5-6H2,1H3/b15-9+. The molecule has 0 aliphatic heterocycles. The maximum atomic E-state index is 8.98. The third kappa shape index (κ3) is 4.58. The number of hydrogen-bond donors (Lipinski definition) is 0. The van der Waals surface area contributed by atoms with Gasteiger partial charge in [0.05, 0.1) is 10.8 Å². The molecule has 0 spiro atoms. The summed E-state index contributed by atoms with van der Waals surface area (Å²) < 4.78 is 0. The zero-order valence-corrected chi connectivity index (χ0v) is 12.5. The summed E-state index contributed by atoms with van der Waals surface area (Å²) in [5, 5.41) is 13.3. The van der Waals surface area contributed by atoms with Crippen LogP contribution in [0, 0.1) is 18.3 Å². The highest BCUT2D eigenvalue weighted by Crippen LogP contribution is 2.27. The van der Waals surface area contributed by atoms with Crippen LogP contribution in [0.25, 0.3) is 0 Å². The smallest absolute Gasteiger partial charge is 0.190 e. The molecule has 1 heterocycles. The van der Waals surface area contributed by atoms with E-state index in [0.29, 0.717) is 10.6 Å². The molecule has 0 bridgehead atoms. The van der Waals surface area contributed by atoms with Gasteiger partial charge >= 0.3 is 0 Å². The van der Waals surface area contributed by atoms with Crippen LogP contribution in [0.15, 0.2) is 22.3 Å². The molecule has 0 aromatic carbocycles. The first-order chi connectivity index (χ1) is 8.72. The topological polar surface area (TPSA) is 58.3 Å². The van der Waals surface area contributed by atoms with Crippen molar-refractivity contribution >= 4 is 50.7 Å². The molecule has 0 aliphatic carbocycles. The Morgan fingerprint density at radius 3 is 3.06 bits per heavy atom. The Kier molecular flexibility index (Phi) is 7.28. The van der Waals surface area contributed by atoms with Crippen molar-refractivity contribution in [2.75, 3.05) is 11.2 Å². The Morgan fingerprint density at radius 1 is 1.67 bits per heavy atom. The SMILES string of the molecule is Cc1ncc(/C(C#N)=N/OCCl)cc1SCSCl. The van der Waals surface area contributed by atoms with E-state index >= 15 is 0 Å². The van der Waals surface area contributed by atoms with Gasteiger partial charge in [0.1, 0.15) is 6.07 Å². The monoisotopic (exact) mass is 321 g/mol. The average Bonchev–Trinajstić information content (AvgIpc) is 2.39. The van der Waals surface area contributed by atoms with Crippen molar-refractivity contribution in [3.8, 4) is 6.07 Å². The first-order valence-corrected chi connectivity index (χ1v) is 8.05. The van der Waals surface area contributed by atoms with Crippen LogP contribution < -0.4 is 0 Å². The van der Waals surface area contributed by atoms with Gasteiger partial charge in [0.2, 0.25) is 0 Å². The summed E-state index contributed by atoms with van der Waals surface area (Å²) in [5.41, 5.74) is 1.61. The van der Waals surface area contributed by atoms with Crippen molar-refractivity contribution in [3.05, 3.63) is 23.5 Å². The molecule has 0 N–H and O–H groups in total. The minimum Gasteiger partial charge on any atom is -0.378 e. The number of nitriles is 1. The molecule has 0 aliphatic rings. The largest absolute Gasteiger partial charge is 0.378 e. The Bertz CT molecular complexity index is 477. The van der Waals surface area contributed by atoms with E-state index in [1.54, 1.807) is 18.0 Å². The van der Waals surface area contributed by atoms with Gasteiger partial charge < -0.3 is 4.84 Å². The number of hydrogen-bond acceptors (Lipinski definition) is 6. The fourth-order valence-electron chi connectivity index (χ4n) is 1.10.